The summed E-state index contributed by atoms with van der Waals surface area (Å²) in [6.45, 7) is -1.32. The first kappa shape index (κ1) is 48.6. The van der Waals surface area contributed by atoms with Crippen molar-refractivity contribution in [2.24, 2.45) is 22.2 Å². The van der Waals surface area contributed by atoms with Crippen LogP contribution in [0.15, 0.2) is 20.8 Å². The Bertz CT molecular complexity index is 1910. The number of aliphatic hydroxyl groups excluding tert-OH is 1. The fraction of sp³-hybridized carbons (Fsp3) is 0.594. The second-order valence-electron chi connectivity index (χ2n) is 13.2. The van der Waals surface area contributed by atoms with E-state index in [1.165, 1.54) is 0 Å². The maximum Gasteiger partial charge on any atom is 0.330 e. The van der Waals surface area contributed by atoms with E-state index < -0.39 is 127 Å². The molecule has 28 heteroatoms. The number of esters is 1. The highest BCUT2D eigenvalue weighted by Crippen LogP contribution is 2.30. The minimum atomic E-state index is -1.62. The van der Waals surface area contributed by atoms with Gasteiger partial charge in [0.05, 0.1) is 25.8 Å². The summed E-state index contributed by atoms with van der Waals surface area (Å²) in [4.78, 5) is 131. The first-order valence-electron chi connectivity index (χ1n) is 18.1. The molecule has 0 spiro atoms. The van der Waals surface area contributed by atoms with E-state index in [1.54, 1.807) is 4.98 Å². The van der Waals surface area contributed by atoms with E-state index >= 15 is 0 Å². The highest BCUT2D eigenvalue weighted by atomic mass is 33.1. The van der Waals surface area contributed by atoms with Crippen LogP contribution < -0.4 is 55.0 Å². The number of nitrogens with one attached hydrogen (secondary N) is 6. The SMILES string of the molecule is NC(=O)C[C@H]1NC(=O)[C@H](NC(=O)CCCC(=O)O[C@H]2C[C@H](n3cc(F)c(=O)[nH]c3=O)O[C@@H]2CO)CSSC[C@H](C(=O)O)NC(=O)[C@H](CCCN=C(N)N)NC(=O)CNC1=O. The fourth-order valence-corrected chi connectivity index (χ4v) is 7.89. The second-order valence-corrected chi connectivity index (χ2v) is 15.7. The summed E-state index contributed by atoms with van der Waals surface area (Å²) in [7, 11) is 1.82. The van der Waals surface area contributed by atoms with Crippen LogP contribution in [-0.4, -0.2) is 141 Å². The quantitative estimate of drug-likeness (QED) is 0.0257. The topological polar surface area (TPSA) is 401 Å². The van der Waals surface area contributed by atoms with E-state index in [1.807, 2.05) is 0 Å². The predicted octanol–water partition coefficient (Wildman–Crippen LogP) is -5.50. The van der Waals surface area contributed by atoms with E-state index in [0.717, 1.165) is 26.2 Å². The van der Waals surface area contributed by atoms with Gasteiger partial charge in [-0.25, -0.2) is 9.59 Å². The lowest BCUT2D eigenvalue weighted by Crippen LogP contribution is -2.56. The van der Waals surface area contributed by atoms with Crippen LogP contribution in [0.25, 0.3) is 0 Å². The van der Waals surface area contributed by atoms with Crippen molar-refractivity contribution >= 4 is 74.9 Å². The zero-order chi connectivity index (χ0) is 44.5. The van der Waals surface area contributed by atoms with Crippen LogP contribution in [0.3, 0.4) is 0 Å². The summed E-state index contributed by atoms with van der Waals surface area (Å²) in [5, 5.41) is 31.2. The number of nitrogens with zero attached hydrogens (tertiary/aromatic N) is 2. The molecule has 3 rings (SSSR count). The molecule has 2 aliphatic heterocycles. The maximum absolute atomic E-state index is 13.8. The number of aliphatic hydroxyl groups is 1. The molecular formula is C32H46FN11O14S2. The van der Waals surface area contributed by atoms with E-state index in [9.17, 15) is 62.5 Å². The third-order valence-corrected chi connectivity index (χ3v) is 11.0. The van der Waals surface area contributed by atoms with Crippen LogP contribution in [0.4, 0.5) is 4.39 Å². The molecule has 332 valence electrons. The molecule has 60 heavy (non-hydrogen) atoms. The molecule has 0 aromatic carbocycles. The predicted molar refractivity (Wildman–Crippen MR) is 208 cm³/mol. The normalized spacial score (nSPS) is 24.4. The second kappa shape index (κ2) is 23.7. The fourth-order valence-electron chi connectivity index (χ4n) is 5.57. The van der Waals surface area contributed by atoms with Crippen molar-refractivity contribution in [2.75, 3.05) is 31.2 Å². The summed E-state index contributed by atoms with van der Waals surface area (Å²) < 4.78 is 25.4. The van der Waals surface area contributed by atoms with Crippen molar-refractivity contribution in [2.45, 2.75) is 87.5 Å². The molecule has 0 unspecified atom stereocenters. The Balaban J connectivity index is 1.67. The van der Waals surface area contributed by atoms with Crippen LogP contribution in [0.1, 0.15) is 51.2 Å². The van der Waals surface area contributed by atoms with E-state index in [2.05, 4.69) is 31.6 Å². The molecule has 2 saturated heterocycles. The summed E-state index contributed by atoms with van der Waals surface area (Å²) >= 11 is 0. The number of hydrogen-bond donors (Lipinski definition) is 11. The average molecular weight is 892 g/mol. The van der Waals surface area contributed by atoms with Crippen LogP contribution in [0.2, 0.25) is 0 Å². The van der Waals surface area contributed by atoms with Crippen LogP contribution >= 0.6 is 21.6 Å². The van der Waals surface area contributed by atoms with Crippen molar-refractivity contribution < 1.29 is 62.4 Å². The highest BCUT2D eigenvalue weighted by Gasteiger charge is 2.39. The van der Waals surface area contributed by atoms with Gasteiger partial charge in [-0.2, -0.15) is 4.39 Å². The number of aromatic amines is 1. The van der Waals surface area contributed by atoms with E-state index in [0.29, 0.717) is 6.20 Å². The summed E-state index contributed by atoms with van der Waals surface area (Å²) in [6, 6.07) is -5.80. The number of hydrogen-bond acceptors (Lipinski definition) is 16. The Kier molecular flexibility index (Phi) is 19.2. The standard InChI is InChI=1S/C32H46FN11O14S2/c33-14-10-44(32(56)43-26(14)50)24-8-19(20(11-45)57-24)58-25(49)5-1-4-22(47)40-17-12-59-60-13-18(30(54)55)42-28(52)15(3-2-6-37-31(35)36)39-23(48)9-38-27(51)16(7-21(34)46)41-29(17)53/h10,15-20,24,45H,1-9,11-13H2,(H2,34,46)(H,38,51)(H,39,48)(H,40,47)(H,41,53)(H,42,52)(H,54,55)(H4,35,36,37)(H,43,50,56)/t15-,16+,17+,18+,19-,20+,24+/m0/s1. The van der Waals surface area contributed by atoms with Gasteiger partial charge in [-0.3, -0.25) is 52.9 Å². The molecular weight excluding hydrogens is 846 g/mol. The lowest BCUT2D eigenvalue weighted by Gasteiger charge is -2.22. The third-order valence-electron chi connectivity index (χ3n) is 8.54. The Morgan fingerprint density at radius 1 is 0.967 bits per heavy atom. The Morgan fingerprint density at radius 2 is 1.68 bits per heavy atom. The number of aromatic nitrogens is 2. The number of carbonyl (C=O) groups is 8. The number of amides is 6. The number of halogens is 1. The molecule has 6 amide bonds. The molecule has 1 aromatic heterocycles. The zero-order valence-corrected chi connectivity index (χ0v) is 33.4. The molecule has 0 aliphatic carbocycles. The number of H-pyrrole nitrogens is 1. The Labute approximate surface area is 346 Å². The summed E-state index contributed by atoms with van der Waals surface area (Å²) in [6.07, 6.45) is -4.39. The lowest BCUT2D eigenvalue weighted by molar-refractivity contribution is -0.153. The number of aliphatic carboxylic acids is 1. The van der Waals surface area contributed by atoms with E-state index in [4.69, 9.17) is 26.7 Å². The van der Waals surface area contributed by atoms with Gasteiger partial charge in [0.1, 0.15) is 42.6 Å². The zero-order valence-electron chi connectivity index (χ0n) is 31.7. The summed E-state index contributed by atoms with van der Waals surface area (Å²) in [5.74, 6) is -9.76. The highest BCUT2D eigenvalue weighted by molar-refractivity contribution is 8.76. The van der Waals surface area contributed by atoms with Gasteiger partial charge < -0.3 is 63.5 Å². The van der Waals surface area contributed by atoms with Crippen molar-refractivity contribution in [3.63, 3.8) is 0 Å². The molecule has 0 radical (unpaired) electrons. The van der Waals surface area contributed by atoms with Gasteiger partial charge >= 0.3 is 17.6 Å². The number of primary amides is 1. The van der Waals surface area contributed by atoms with Gasteiger partial charge in [-0.15, -0.1) is 0 Å². The first-order chi connectivity index (χ1) is 28.4. The number of rotatable bonds is 15. The minimum absolute atomic E-state index is 0.0360. The van der Waals surface area contributed by atoms with Crippen LogP contribution in [0.5, 0.6) is 0 Å². The third kappa shape index (κ3) is 15.8. The monoisotopic (exact) mass is 891 g/mol. The number of ether oxygens (including phenoxy) is 2. The first-order valence-corrected chi connectivity index (χ1v) is 20.6. The summed E-state index contributed by atoms with van der Waals surface area (Å²) in [5.41, 5.74) is 13.7. The van der Waals surface area contributed by atoms with Crippen molar-refractivity contribution in [1.29, 1.82) is 0 Å². The molecule has 0 saturated carbocycles. The number of guanidine groups is 1. The Hall–Kier alpha value is -5.74. The Morgan fingerprint density at radius 3 is 2.35 bits per heavy atom. The van der Waals surface area contributed by atoms with Gasteiger partial charge in [-0.1, -0.05) is 21.6 Å². The van der Waals surface area contributed by atoms with Crippen LogP contribution in [-0.2, 0) is 47.8 Å². The number of aliphatic imine (C=N–C) groups is 1. The van der Waals surface area contributed by atoms with Gasteiger partial charge in [0.2, 0.25) is 41.3 Å². The van der Waals surface area contributed by atoms with Crippen molar-refractivity contribution in [3.05, 3.63) is 32.9 Å². The lowest BCUT2D eigenvalue weighted by atomic mass is 10.1. The smallest absolute Gasteiger partial charge is 0.330 e. The molecule has 25 nitrogen and oxygen atoms in total. The molecule has 14 N–H and O–H groups in total. The van der Waals surface area contributed by atoms with Crippen molar-refractivity contribution in [1.82, 2.24) is 36.1 Å². The van der Waals surface area contributed by atoms with Crippen molar-refractivity contribution in [3.8, 4) is 0 Å². The van der Waals surface area contributed by atoms with Crippen LogP contribution in [0, 0.1) is 5.82 Å². The average Bonchev–Trinajstić information content (AvgIpc) is 3.57. The molecule has 3 heterocycles. The molecule has 2 fully saturated rings. The number of carboxylic acids is 1. The van der Waals surface area contributed by atoms with Gasteiger partial charge in [0.15, 0.2) is 5.96 Å². The van der Waals surface area contributed by atoms with Gasteiger partial charge in [-0.05, 0) is 19.3 Å². The number of carboxylic acid groups (broad SMARTS) is 1. The largest absolute Gasteiger partial charge is 0.480 e. The van der Waals surface area contributed by atoms with Gasteiger partial charge in [0.25, 0.3) is 5.56 Å². The number of nitrogens with two attached hydrogens (primary N) is 3. The maximum atomic E-state index is 13.8. The van der Waals surface area contributed by atoms with E-state index in [-0.39, 0.29) is 62.5 Å². The molecule has 0 bridgehead atoms. The minimum Gasteiger partial charge on any atom is -0.480 e. The molecule has 1 aromatic rings. The molecule has 7 atom stereocenters. The van der Waals surface area contributed by atoms with Gasteiger partial charge in [0, 0.05) is 37.3 Å². The molecule has 2 aliphatic rings. The number of carbonyl (C=O) groups excluding carboxylic acids is 7.